The van der Waals surface area contributed by atoms with E-state index in [1.54, 1.807) is 27.7 Å². The molecular formula is C40H63N9O18S2. The highest BCUT2D eigenvalue weighted by Gasteiger charge is 2.47. The number of rotatable bonds is 17. The van der Waals surface area contributed by atoms with E-state index < -0.39 is 135 Å². The van der Waals surface area contributed by atoms with Crippen molar-refractivity contribution >= 4 is 68.2 Å². The predicted octanol–water partition coefficient (Wildman–Crippen LogP) is -2.89. The van der Waals surface area contributed by atoms with E-state index in [-0.39, 0.29) is 63.2 Å². The van der Waals surface area contributed by atoms with Gasteiger partial charge in [0.05, 0.1) is 0 Å². The Labute approximate surface area is 399 Å². The number of carbonyl (C=O) groups excluding carboxylic acids is 7. The molecule has 11 atom stereocenters. The molecule has 3 rings (SSSR count). The Bertz CT molecular complexity index is 2270. The topological polar surface area (TPSA) is 415 Å². The van der Waals surface area contributed by atoms with E-state index in [9.17, 15) is 65.2 Å². The monoisotopic (exact) mass is 1020 g/mol. The van der Waals surface area contributed by atoms with Gasteiger partial charge >= 0.3 is 26.8 Å². The number of esters is 1. The van der Waals surface area contributed by atoms with Crippen LogP contribution in [0.4, 0.5) is 0 Å². The smallest absolute Gasteiger partial charge is 0.398 e. The Kier molecular flexibility index (Phi) is 21.1. The lowest BCUT2D eigenvalue weighted by Crippen LogP contribution is -2.66. The number of aromatic hydroxyl groups is 1. The van der Waals surface area contributed by atoms with E-state index in [4.69, 9.17) is 20.8 Å². The molecule has 0 saturated carbocycles. The average Bonchev–Trinajstić information content (AvgIpc) is 3.26. The Morgan fingerprint density at radius 3 is 2.10 bits per heavy atom. The minimum absolute atomic E-state index is 0.0168. The van der Waals surface area contributed by atoms with Crippen LogP contribution in [0, 0.1) is 11.8 Å². The molecule has 0 aromatic heterocycles. The first kappa shape index (κ1) is 57.6. The molecule has 0 unspecified atom stereocenters. The zero-order valence-corrected chi connectivity index (χ0v) is 40.5. The lowest BCUT2D eigenvalue weighted by Gasteiger charge is -2.44. The van der Waals surface area contributed by atoms with Crippen LogP contribution in [-0.4, -0.2) is 168 Å². The number of hydrogen-bond acceptors (Lipinski definition) is 17. The number of guanidine groups is 1. The Hall–Kier alpha value is -5.72. The quantitative estimate of drug-likeness (QED) is 0.0246. The van der Waals surface area contributed by atoms with Crippen LogP contribution >= 0.6 is 0 Å². The summed E-state index contributed by atoms with van der Waals surface area (Å²) in [6.45, 7) is 5.97. The van der Waals surface area contributed by atoms with Crippen LogP contribution < -0.4 is 32.7 Å². The normalized spacial score (nSPS) is 26.2. The molecule has 6 amide bonds. The maximum Gasteiger partial charge on any atom is 0.398 e. The maximum absolute atomic E-state index is 14.8. The summed E-state index contributed by atoms with van der Waals surface area (Å²) in [4.78, 5) is 106. The molecule has 2 heterocycles. The highest BCUT2D eigenvalue weighted by atomic mass is 32.3. The zero-order chi connectivity index (χ0) is 52.1. The molecule has 2 bridgehead atoms. The van der Waals surface area contributed by atoms with Crippen LogP contribution in [0.3, 0.4) is 0 Å². The van der Waals surface area contributed by atoms with Gasteiger partial charge in [-0.2, -0.15) is 16.8 Å². The number of piperidine rings is 1. The van der Waals surface area contributed by atoms with E-state index in [0.29, 0.717) is 5.56 Å². The minimum atomic E-state index is -5.59. The van der Waals surface area contributed by atoms with Crippen molar-refractivity contribution < 1.29 is 82.8 Å². The molecule has 1 aromatic rings. The van der Waals surface area contributed by atoms with Crippen molar-refractivity contribution in [1.82, 2.24) is 31.1 Å². The molecule has 0 radical (unpaired) electrons. The van der Waals surface area contributed by atoms with Crippen LogP contribution in [0.1, 0.15) is 78.7 Å². The van der Waals surface area contributed by atoms with E-state index in [1.165, 1.54) is 31.3 Å². The molecule has 2 saturated heterocycles. The molecule has 69 heavy (non-hydrogen) atoms. The second kappa shape index (κ2) is 25.2. The fraction of sp³-hybridized carbons (Fsp3) is 0.650. The van der Waals surface area contributed by atoms with Crippen LogP contribution in [0.5, 0.6) is 5.75 Å². The number of nitrogens with one attached hydrogen (secondary N) is 4. The second-order valence-electron chi connectivity index (χ2n) is 16.8. The average molecular weight is 1020 g/mol. The number of likely N-dealkylation sites (N-methyl/N-ethyl adjacent to an activating group) is 1. The van der Waals surface area contributed by atoms with Crippen molar-refractivity contribution in [2.24, 2.45) is 28.3 Å². The third-order valence-electron chi connectivity index (χ3n) is 11.7. The van der Waals surface area contributed by atoms with Gasteiger partial charge in [0.1, 0.15) is 60.9 Å². The number of benzene rings is 1. The molecule has 29 heteroatoms. The SMILES string of the molecule is CC[C@H](C)[C@@H]1NC(=O)[C@H](Cc2ccc(O)cc2)N(C)C(=O)[C@H]([C@@H](C)CC)N2C(=O)[C@H](CC[C@H]2O)NC(=O)[C@H](CCCN=C(N)N)NC(=O)[C@@H](NC(=O)[C@@H](COS(=O)(=O)O)OS(=O)(=O)O)[C@@H](C)OC1=O. The van der Waals surface area contributed by atoms with E-state index in [1.807, 2.05) is 5.32 Å². The van der Waals surface area contributed by atoms with Gasteiger partial charge in [-0.15, -0.1) is 0 Å². The number of aliphatic hydroxyl groups excluding tert-OH is 1. The van der Waals surface area contributed by atoms with Crippen molar-refractivity contribution in [2.45, 2.75) is 134 Å². The number of fused-ring (bicyclic) bond motifs is 2. The molecule has 1 aromatic carbocycles. The standard InChI is InChI=1S/C40H63N9O18S2/c1-7-20(3)30-39(58)66-22(5)31(47-35(54)28(67-69(62,63)64)19-65-68(59,60)61)36(55)44-25(10-9-17-43-40(41)42)33(52)45-26-15-16-29(51)49(37(26)56)32(21(4)8-2)38(57)48(6)27(34(53)46-30)18-23-11-13-24(50)14-12-23/h11-14,20-22,25-32,50-51H,7-10,15-19H2,1-6H3,(H,44,55)(H,45,52)(H,46,53)(H,47,54)(H4,41,42,43)(H,59,60,61)(H,62,63,64)/t20-,21-,22+,25-,26-,27-,28+,29+,30-,31-,32-/m0/s1. The zero-order valence-electron chi connectivity index (χ0n) is 38.8. The van der Waals surface area contributed by atoms with Gasteiger partial charge in [0.25, 0.3) is 5.91 Å². The summed E-state index contributed by atoms with van der Waals surface area (Å²) in [5.74, 6) is -9.74. The summed E-state index contributed by atoms with van der Waals surface area (Å²) in [5.41, 5.74) is 11.3. The van der Waals surface area contributed by atoms with E-state index in [0.717, 1.165) is 16.7 Å². The summed E-state index contributed by atoms with van der Waals surface area (Å²) in [6.07, 6.45) is -6.39. The van der Waals surface area contributed by atoms with Crippen LogP contribution in [0.15, 0.2) is 29.3 Å². The van der Waals surface area contributed by atoms with Gasteiger partial charge in [0.2, 0.25) is 29.5 Å². The number of hydrogen-bond donors (Lipinski definition) is 10. The van der Waals surface area contributed by atoms with Crippen molar-refractivity contribution in [1.29, 1.82) is 0 Å². The van der Waals surface area contributed by atoms with Gasteiger partial charge in [-0.25, -0.2) is 13.2 Å². The highest BCUT2D eigenvalue weighted by molar-refractivity contribution is 7.81. The predicted molar refractivity (Wildman–Crippen MR) is 240 cm³/mol. The number of ether oxygens (including phenoxy) is 1. The number of phenols is 1. The Balaban J connectivity index is 2.30. The molecule has 2 fully saturated rings. The number of carbonyl (C=O) groups is 7. The second-order valence-corrected chi connectivity index (χ2v) is 18.9. The molecule has 2 aliphatic heterocycles. The van der Waals surface area contributed by atoms with Gasteiger partial charge < -0.3 is 57.5 Å². The highest BCUT2D eigenvalue weighted by Crippen LogP contribution is 2.28. The fourth-order valence-electron chi connectivity index (χ4n) is 7.48. The van der Waals surface area contributed by atoms with Gasteiger partial charge in [-0.3, -0.25) is 42.9 Å². The molecule has 0 aliphatic carbocycles. The molecule has 27 nitrogen and oxygen atoms in total. The fourth-order valence-corrected chi connectivity index (χ4v) is 8.21. The van der Waals surface area contributed by atoms with Gasteiger partial charge in [0.15, 0.2) is 12.1 Å². The number of amides is 6. The van der Waals surface area contributed by atoms with Crippen LogP contribution in [0.2, 0.25) is 0 Å². The number of nitrogens with zero attached hydrogens (tertiary/aromatic N) is 3. The molecule has 388 valence electrons. The Morgan fingerprint density at radius 2 is 1.54 bits per heavy atom. The first-order chi connectivity index (χ1) is 32.1. The van der Waals surface area contributed by atoms with Crippen LogP contribution in [-0.2, 0) is 73.9 Å². The van der Waals surface area contributed by atoms with E-state index >= 15 is 0 Å². The first-order valence-electron chi connectivity index (χ1n) is 21.9. The summed E-state index contributed by atoms with van der Waals surface area (Å²) < 4.78 is 78.6. The lowest BCUT2D eigenvalue weighted by atomic mass is 9.91. The summed E-state index contributed by atoms with van der Waals surface area (Å²) in [5, 5.41) is 31.0. The number of aliphatic hydroxyl groups is 1. The van der Waals surface area contributed by atoms with Crippen LogP contribution in [0.25, 0.3) is 0 Å². The number of nitrogens with two attached hydrogens (primary N) is 2. The van der Waals surface area contributed by atoms with E-state index in [2.05, 4.69) is 29.3 Å². The summed E-state index contributed by atoms with van der Waals surface area (Å²) >= 11 is 0. The van der Waals surface area contributed by atoms with Gasteiger partial charge in [0, 0.05) is 20.0 Å². The van der Waals surface area contributed by atoms with Crippen molar-refractivity contribution in [2.75, 3.05) is 20.2 Å². The van der Waals surface area contributed by atoms with Crippen molar-refractivity contribution in [3.63, 3.8) is 0 Å². The molecule has 0 spiro atoms. The van der Waals surface area contributed by atoms with Crippen molar-refractivity contribution in [3.8, 4) is 5.75 Å². The third kappa shape index (κ3) is 17.0. The lowest BCUT2D eigenvalue weighted by molar-refractivity contribution is -0.168. The summed E-state index contributed by atoms with van der Waals surface area (Å²) in [7, 11) is -9.68. The molecule has 2 aliphatic rings. The minimum Gasteiger partial charge on any atom is -0.508 e. The molecule has 12 N–H and O–H groups in total. The van der Waals surface area contributed by atoms with Gasteiger partial charge in [-0.1, -0.05) is 52.7 Å². The summed E-state index contributed by atoms with van der Waals surface area (Å²) in [6, 6.07) is -4.01. The van der Waals surface area contributed by atoms with Crippen molar-refractivity contribution in [3.05, 3.63) is 29.8 Å². The first-order valence-corrected chi connectivity index (χ1v) is 24.6. The Morgan fingerprint density at radius 1 is 0.913 bits per heavy atom. The largest absolute Gasteiger partial charge is 0.508 e. The molecular weight excluding hydrogens is 959 g/mol. The number of aliphatic imine (C=N–C) groups is 1. The number of phenolic OH excluding ortho intramolecular Hbond substituents is 1. The van der Waals surface area contributed by atoms with Gasteiger partial charge in [-0.05, 0) is 62.1 Å². The third-order valence-corrected chi connectivity index (χ3v) is 12.6. The number of cyclic esters (lactones) is 1. The maximum atomic E-state index is 14.8.